The van der Waals surface area contributed by atoms with Gasteiger partial charge in [0.25, 0.3) is 0 Å². The molecule has 0 saturated carbocycles. The summed E-state index contributed by atoms with van der Waals surface area (Å²) in [6.45, 7) is 10.0. The van der Waals surface area contributed by atoms with E-state index in [0.717, 1.165) is 12.8 Å². The van der Waals surface area contributed by atoms with Crippen molar-refractivity contribution in [2.45, 2.75) is 50.9 Å². The number of benzene rings is 4. The second-order valence-corrected chi connectivity index (χ2v) is 15.2. The number of allylic oxidation sites excluding steroid dienone is 2. The van der Waals surface area contributed by atoms with Crippen molar-refractivity contribution in [3.63, 3.8) is 0 Å². The van der Waals surface area contributed by atoms with Gasteiger partial charge in [0.1, 0.15) is 0 Å². The summed E-state index contributed by atoms with van der Waals surface area (Å²) in [7, 11) is -1.82. The standard InChI is InChI=1S/C32H32Si/c1-5-21-19-29-25-13-9-7-11-23(25)15-17-27(29)31(21)33(3,4)32-22(6-2)20-30-26-14-10-8-12-24(26)16-18-28(30)32/h7-20,31-32H,5-6H2,1-4H3. The van der Waals surface area contributed by atoms with Crippen LogP contribution in [0.2, 0.25) is 13.1 Å². The summed E-state index contributed by atoms with van der Waals surface area (Å²) in [4.78, 5) is 0. The van der Waals surface area contributed by atoms with Gasteiger partial charge in [-0.05, 0) is 56.6 Å². The predicted molar refractivity (Wildman–Crippen MR) is 147 cm³/mol. The molecule has 4 aromatic rings. The zero-order valence-corrected chi connectivity index (χ0v) is 21.2. The lowest BCUT2D eigenvalue weighted by Gasteiger charge is -2.40. The van der Waals surface area contributed by atoms with Gasteiger partial charge in [0.05, 0.1) is 8.07 Å². The maximum atomic E-state index is 2.66. The molecule has 0 radical (unpaired) electrons. The molecule has 6 rings (SSSR count). The molecule has 1 heteroatoms. The smallest absolute Gasteiger partial charge is 0.0679 e. The molecule has 0 amide bonds. The fourth-order valence-electron chi connectivity index (χ4n) is 6.92. The van der Waals surface area contributed by atoms with Crippen LogP contribution in [0.4, 0.5) is 0 Å². The SMILES string of the molecule is CCC1=Cc2c(ccc3ccccc23)C1[Si](C)(C)C1C(CC)=Cc2c1ccc1ccccc21. The summed E-state index contributed by atoms with van der Waals surface area (Å²) in [6.07, 6.45) is 7.35. The highest BCUT2D eigenvalue weighted by molar-refractivity contribution is 6.81. The molecule has 2 unspecified atom stereocenters. The van der Waals surface area contributed by atoms with Crippen molar-refractivity contribution in [3.8, 4) is 0 Å². The van der Waals surface area contributed by atoms with Gasteiger partial charge in [-0.25, -0.2) is 0 Å². The molecule has 0 nitrogen and oxygen atoms in total. The molecule has 2 aliphatic carbocycles. The Morgan fingerprint density at radius 2 is 1.00 bits per heavy atom. The first-order chi connectivity index (χ1) is 16.0. The topological polar surface area (TPSA) is 0 Å². The molecule has 164 valence electrons. The Morgan fingerprint density at radius 3 is 1.42 bits per heavy atom. The quantitative estimate of drug-likeness (QED) is 0.275. The maximum absolute atomic E-state index is 2.66. The van der Waals surface area contributed by atoms with Crippen LogP contribution in [0.3, 0.4) is 0 Å². The molecule has 0 saturated heterocycles. The molecule has 0 bridgehead atoms. The van der Waals surface area contributed by atoms with Crippen LogP contribution in [0.5, 0.6) is 0 Å². The fraction of sp³-hybridized carbons (Fsp3) is 0.250. The number of rotatable bonds is 4. The summed E-state index contributed by atoms with van der Waals surface area (Å²) in [5, 5.41) is 5.54. The molecular formula is C32H32Si. The van der Waals surface area contributed by atoms with Gasteiger partial charge in [0.2, 0.25) is 0 Å². The summed E-state index contributed by atoms with van der Waals surface area (Å²) in [5.74, 6) is 0. The van der Waals surface area contributed by atoms with E-state index >= 15 is 0 Å². The third-order valence-electron chi connectivity index (χ3n) is 8.34. The molecule has 2 atom stereocenters. The Bertz CT molecular complexity index is 1360. The highest BCUT2D eigenvalue weighted by atomic mass is 28.3. The van der Waals surface area contributed by atoms with Gasteiger partial charge < -0.3 is 0 Å². The first kappa shape index (κ1) is 20.7. The van der Waals surface area contributed by atoms with Gasteiger partial charge >= 0.3 is 0 Å². The van der Waals surface area contributed by atoms with Gasteiger partial charge in [0.15, 0.2) is 0 Å². The molecule has 0 fully saturated rings. The van der Waals surface area contributed by atoms with E-state index in [4.69, 9.17) is 0 Å². The predicted octanol–water partition coefficient (Wildman–Crippen LogP) is 9.26. The highest BCUT2D eigenvalue weighted by Crippen LogP contribution is 2.55. The van der Waals surface area contributed by atoms with Crippen LogP contribution < -0.4 is 0 Å². The minimum absolute atomic E-state index is 0.569. The molecular weight excluding hydrogens is 412 g/mol. The lowest BCUT2D eigenvalue weighted by Crippen LogP contribution is -2.42. The second kappa shape index (κ2) is 7.57. The van der Waals surface area contributed by atoms with Crippen LogP contribution >= 0.6 is 0 Å². The third kappa shape index (κ3) is 2.95. The Hall–Kier alpha value is -2.90. The van der Waals surface area contributed by atoms with Crippen molar-refractivity contribution < 1.29 is 0 Å². The van der Waals surface area contributed by atoms with Crippen LogP contribution in [0.25, 0.3) is 33.7 Å². The van der Waals surface area contributed by atoms with E-state index < -0.39 is 8.07 Å². The fourth-order valence-corrected chi connectivity index (χ4v) is 11.8. The molecule has 2 aliphatic rings. The van der Waals surface area contributed by atoms with Gasteiger partial charge in [-0.3, -0.25) is 0 Å². The molecule has 33 heavy (non-hydrogen) atoms. The first-order valence-corrected chi connectivity index (χ1v) is 15.6. The monoisotopic (exact) mass is 444 g/mol. The van der Waals surface area contributed by atoms with E-state index in [1.54, 1.807) is 22.3 Å². The van der Waals surface area contributed by atoms with E-state index in [2.05, 4.69) is 112 Å². The summed E-state index contributed by atoms with van der Waals surface area (Å²) in [6, 6.07) is 27.4. The average molecular weight is 445 g/mol. The molecule has 4 aromatic carbocycles. The Balaban J connectivity index is 1.54. The zero-order chi connectivity index (χ0) is 22.7. The minimum atomic E-state index is -1.82. The lowest BCUT2D eigenvalue weighted by atomic mass is 10.0. The van der Waals surface area contributed by atoms with Crippen LogP contribution in [0.1, 0.15) is 60.0 Å². The average Bonchev–Trinajstić information content (AvgIpc) is 3.43. The van der Waals surface area contributed by atoms with E-state index in [9.17, 15) is 0 Å². The largest absolute Gasteiger partial charge is 0.0722 e. The molecule has 0 N–H and O–H groups in total. The Morgan fingerprint density at radius 1 is 0.576 bits per heavy atom. The lowest BCUT2D eigenvalue weighted by molar-refractivity contribution is 0.899. The molecule has 0 heterocycles. The Labute approximate surface area is 198 Å². The van der Waals surface area contributed by atoms with Crippen LogP contribution in [-0.4, -0.2) is 8.07 Å². The van der Waals surface area contributed by atoms with Crippen molar-refractivity contribution in [2.24, 2.45) is 0 Å². The van der Waals surface area contributed by atoms with Crippen molar-refractivity contribution in [1.82, 2.24) is 0 Å². The van der Waals surface area contributed by atoms with E-state index in [1.165, 1.54) is 32.7 Å². The van der Waals surface area contributed by atoms with Crippen molar-refractivity contribution in [2.75, 3.05) is 0 Å². The first-order valence-electron chi connectivity index (χ1n) is 12.5. The minimum Gasteiger partial charge on any atom is -0.0679 e. The van der Waals surface area contributed by atoms with Crippen LogP contribution in [0, 0.1) is 0 Å². The van der Waals surface area contributed by atoms with Crippen LogP contribution in [-0.2, 0) is 0 Å². The van der Waals surface area contributed by atoms with Gasteiger partial charge in [-0.2, -0.15) is 0 Å². The Kier molecular flexibility index (Phi) is 4.74. The van der Waals surface area contributed by atoms with Gasteiger partial charge in [-0.15, -0.1) is 0 Å². The number of fused-ring (bicyclic) bond motifs is 6. The van der Waals surface area contributed by atoms with E-state index in [0.29, 0.717) is 11.1 Å². The second-order valence-electron chi connectivity index (χ2n) is 10.4. The molecule has 0 spiro atoms. The third-order valence-corrected chi connectivity index (χ3v) is 12.7. The normalized spacial score (nSPS) is 19.5. The molecule has 0 aliphatic heterocycles. The summed E-state index contributed by atoms with van der Waals surface area (Å²) in [5.41, 5.74) is 10.5. The van der Waals surface area contributed by atoms with Crippen molar-refractivity contribution in [3.05, 3.63) is 106 Å². The van der Waals surface area contributed by atoms with Gasteiger partial charge in [0, 0.05) is 11.1 Å². The molecule has 0 aromatic heterocycles. The van der Waals surface area contributed by atoms with Gasteiger partial charge in [-0.1, -0.05) is 123 Å². The summed E-state index contributed by atoms with van der Waals surface area (Å²) >= 11 is 0. The van der Waals surface area contributed by atoms with Crippen molar-refractivity contribution in [1.29, 1.82) is 0 Å². The number of hydrogen-bond donors (Lipinski definition) is 0. The number of hydrogen-bond acceptors (Lipinski definition) is 0. The highest BCUT2D eigenvalue weighted by Gasteiger charge is 2.47. The van der Waals surface area contributed by atoms with E-state index in [-0.39, 0.29) is 0 Å². The summed E-state index contributed by atoms with van der Waals surface area (Å²) < 4.78 is 0. The maximum Gasteiger partial charge on any atom is 0.0722 e. The van der Waals surface area contributed by atoms with Crippen LogP contribution in [0.15, 0.2) is 83.9 Å². The van der Waals surface area contributed by atoms with E-state index in [1.807, 2.05) is 0 Å². The van der Waals surface area contributed by atoms with Crippen molar-refractivity contribution >= 4 is 41.8 Å². The zero-order valence-electron chi connectivity index (χ0n) is 20.2.